The molecule has 0 saturated heterocycles. The Morgan fingerprint density at radius 2 is 2.13 bits per heavy atom. The Morgan fingerprint density at radius 1 is 1.33 bits per heavy atom. The number of hydrogen-bond donors (Lipinski definition) is 0. The van der Waals surface area contributed by atoms with Crippen LogP contribution < -0.4 is 0 Å². The Labute approximate surface area is 103 Å². The summed E-state index contributed by atoms with van der Waals surface area (Å²) >= 11 is 6.69. The second-order valence-electron chi connectivity index (χ2n) is 2.74. The van der Waals surface area contributed by atoms with E-state index in [1.54, 1.807) is 17.1 Å². The van der Waals surface area contributed by atoms with Crippen molar-refractivity contribution in [3.8, 4) is 11.9 Å². The van der Waals surface area contributed by atoms with E-state index in [0.29, 0.717) is 11.4 Å². The molecule has 0 spiro atoms. The molecule has 0 aliphatic heterocycles. The fourth-order valence-corrected chi connectivity index (χ4v) is 2.24. The first-order valence-electron chi connectivity index (χ1n) is 3.97. The molecular formula is C9H4Br2N4. The molecule has 4 nitrogen and oxygen atoms in total. The van der Waals surface area contributed by atoms with Crippen LogP contribution in [0.4, 0.5) is 0 Å². The van der Waals surface area contributed by atoms with Gasteiger partial charge in [0.2, 0.25) is 0 Å². The van der Waals surface area contributed by atoms with Crippen LogP contribution >= 0.6 is 31.9 Å². The molecule has 0 atom stereocenters. The normalized spacial score (nSPS) is 9.93. The predicted molar refractivity (Wildman–Crippen MR) is 61.5 cm³/mol. The quantitative estimate of drug-likeness (QED) is 0.809. The molecular weight excluding hydrogens is 324 g/mol. The van der Waals surface area contributed by atoms with Crippen LogP contribution in [0.15, 0.2) is 33.6 Å². The van der Waals surface area contributed by atoms with Gasteiger partial charge in [0.15, 0.2) is 5.82 Å². The number of aromatic nitrogens is 3. The maximum absolute atomic E-state index is 8.67. The lowest BCUT2D eigenvalue weighted by Gasteiger charge is -2.02. The van der Waals surface area contributed by atoms with Crippen LogP contribution in [0, 0.1) is 11.3 Å². The number of rotatable bonds is 1. The van der Waals surface area contributed by atoms with E-state index in [-0.39, 0.29) is 0 Å². The summed E-state index contributed by atoms with van der Waals surface area (Å²) in [5.41, 5.74) is 0.506. The fraction of sp³-hybridized carbons (Fsp3) is 0. The van der Waals surface area contributed by atoms with Crippen molar-refractivity contribution < 1.29 is 0 Å². The first kappa shape index (κ1) is 10.3. The number of halogens is 2. The topological polar surface area (TPSA) is 54.5 Å². The van der Waals surface area contributed by atoms with Crippen molar-refractivity contribution in [2.45, 2.75) is 0 Å². The van der Waals surface area contributed by atoms with Crippen LogP contribution in [0.2, 0.25) is 0 Å². The van der Waals surface area contributed by atoms with Crippen molar-refractivity contribution in [1.82, 2.24) is 14.8 Å². The molecule has 0 amide bonds. The Balaban J connectivity index is 2.50. The second-order valence-corrected chi connectivity index (χ2v) is 4.51. The maximum atomic E-state index is 8.67. The first-order chi connectivity index (χ1) is 7.20. The van der Waals surface area contributed by atoms with E-state index in [4.69, 9.17) is 5.26 Å². The average molecular weight is 328 g/mol. The largest absolute Gasteiger partial charge is 0.235 e. The smallest absolute Gasteiger partial charge is 0.167 e. The summed E-state index contributed by atoms with van der Waals surface area (Å²) in [6.45, 7) is 0. The molecule has 74 valence electrons. The molecule has 15 heavy (non-hydrogen) atoms. The lowest BCUT2D eigenvalue weighted by Crippen LogP contribution is -1.98. The molecule has 0 aromatic carbocycles. The van der Waals surface area contributed by atoms with Crippen LogP contribution in [-0.2, 0) is 0 Å². The summed E-state index contributed by atoms with van der Waals surface area (Å²) < 4.78 is 3.24. The van der Waals surface area contributed by atoms with Gasteiger partial charge >= 0.3 is 0 Å². The summed E-state index contributed by atoms with van der Waals surface area (Å²) in [6, 6.07) is 3.88. The van der Waals surface area contributed by atoms with Crippen molar-refractivity contribution in [2.75, 3.05) is 0 Å². The van der Waals surface area contributed by atoms with E-state index in [1.165, 1.54) is 6.20 Å². The van der Waals surface area contributed by atoms with Crippen molar-refractivity contribution in [2.24, 2.45) is 0 Å². The average Bonchev–Trinajstić information content (AvgIpc) is 2.66. The highest BCUT2D eigenvalue weighted by Gasteiger charge is 2.06. The van der Waals surface area contributed by atoms with Gasteiger partial charge in [0.05, 0.1) is 22.4 Å². The summed E-state index contributed by atoms with van der Waals surface area (Å²) in [6.07, 6.45) is 4.80. The molecule has 0 aliphatic rings. The van der Waals surface area contributed by atoms with Gasteiger partial charge in [0, 0.05) is 10.7 Å². The van der Waals surface area contributed by atoms with Gasteiger partial charge in [0.1, 0.15) is 6.07 Å². The molecule has 2 aromatic heterocycles. The Bertz CT molecular complexity index is 541. The lowest BCUT2D eigenvalue weighted by molar-refractivity contribution is 0.840. The minimum atomic E-state index is 0.506. The van der Waals surface area contributed by atoms with E-state index in [9.17, 15) is 0 Å². The van der Waals surface area contributed by atoms with Crippen LogP contribution in [0.25, 0.3) is 5.82 Å². The molecule has 0 fully saturated rings. The zero-order valence-corrected chi connectivity index (χ0v) is 10.5. The summed E-state index contributed by atoms with van der Waals surface area (Å²) in [4.78, 5) is 4.19. The van der Waals surface area contributed by atoms with Crippen molar-refractivity contribution in [3.63, 3.8) is 0 Å². The fourth-order valence-electron chi connectivity index (χ4n) is 1.07. The van der Waals surface area contributed by atoms with E-state index in [1.807, 2.05) is 12.1 Å². The standard InChI is InChI=1S/C9H4Br2N4/c10-7-1-8(11)9(13-4-7)15-5-6(2-12)3-14-15/h1,3-5H. The highest BCUT2D eigenvalue weighted by atomic mass is 79.9. The van der Waals surface area contributed by atoms with Crippen molar-refractivity contribution in [3.05, 3.63) is 39.2 Å². The Morgan fingerprint density at radius 3 is 2.73 bits per heavy atom. The molecule has 0 radical (unpaired) electrons. The zero-order chi connectivity index (χ0) is 10.8. The van der Waals surface area contributed by atoms with Gasteiger partial charge in [-0.1, -0.05) is 0 Å². The van der Waals surface area contributed by atoms with Crippen molar-refractivity contribution in [1.29, 1.82) is 5.26 Å². The number of nitriles is 1. The highest BCUT2D eigenvalue weighted by molar-refractivity contribution is 9.11. The van der Waals surface area contributed by atoms with E-state index in [2.05, 4.69) is 41.9 Å². The molecule has 0 unspecified atom stereocenters. The van der Waals surface area contributed by atoms with Crippen LogP contribution in [0.3, 0.4) is 0 Å². The van der Waals surface area contributed by atoms with Gasteiger partial charge in [-0.3, -0.25) is 0 Å². The SMILES string of the molecule is N#Cc1cnn(-c2ncc(Br)cc2Br)c1. The molecule has 2 aromatic rings. The van der Waals surface area contributed by atoms with E-state index >= 15 is 0 Å². The third kappa shape index (κ3) is 2.08. The molecule has 0 bridgehead atoms. The Kier molecular flexibility index (Phi) is 2.84. The highest BCUT2D eigenvalue weighted by Crippen LogP contribution is 2.22. The van der Waals surface area contributed by atoms with E-state index in [0.717, 1.165) is 8.95 Å². The third-order valence-electron chi connectivity index (χ3n) is 1.72. The van der Waals surface area contributed by atoms with Gasteiger partial charge < -0.3 is 0 Å². The summed E-state index contributed by atoms with van der Waals surface area (Å²) in [7, 11) is 0. The monoisotopic (exact) mass is 326 g/mol. The molecule has 0 N–H and O–H groups in total. The van der Waals surface area contributed by atoms with Gasteiger partial charge in [-0.2, -0.15) is 10.4 Å². The summed E-state index contributed by atoms with van der Waals surface area (Å²) in [5, 5.41) is 12.7. The number of hydrogen-bond acceptors (Lipinski definition) is 3. The molecule has 6 heteroatoms. The summed E-state index contributed by atoms with van der Waals surface area (Å²) in [5.74, 6) is 0.653. The minimum Gasteiger partial charge on any atom is -0.235 e. The molecule has 2 heterocycles. The van der Waals surface area contributed by atoms with E-state index < -0.39 is 0 Å². The molecule has 0 saturated carbocycles. The first-order valence-corrected chi connectivity index (χ1v) is 5.55. The molecule has 0 aliphatic carbocycles. The van der Waals surface area contributed by atoms with Crippen LogP contribution in [-0.4, -0.2) is 14.8 Å². The van der Waals surface area contributed by atoms with Gasteiger partial charge in [-0.15, -0.1) is 0 Å². The third-order valence-corrected chi connectivity index (χ3v) is 2.73. The minimum absolute atomic E-state index is 0.506. The molecule has 2 rings (SSSR count). The van der Waals surface area contributed by atoms with Crippen molar-refractivity contribution >= 4 is 31.9 Å². The van der Waals surface area contributed by atoms with Gasteiger partial charge in [-0.25, -0.2) is 9.67 Å². The maximum Gasteiger partial charge on any atom is 0.167 e. The zero-order valence-electron chi connectivity index (χ0n) is 7.35. The second kappa shape index (κ2) is 4.13. The predicted octanol–water partition coefficient (Wildman–Crippen LogP) is 2.66. The van der Waals surface area contributed by atoms with Crippen LogP contribution in [0.5, 0.6) is 0 Å². The lowest BCUT2D eigenvalue weighted by atomic mass is 10.4. The van der Waals surface area contributed by atoms with Gasteiger partial charge in [0.25, 0.3) is 0 Å². The van der Waals surface area contributed by atoms with Crippen LogP contribution in [0.1, 0.15) is 5.56 Å². The number of pyridine rings is 1. The van der Waals surface area contributed by atoms with Gasteiger partial charge in [-0.05, 0) is 37.9 Å². The Hall–Kier alpha value is -1.19. The number of nitrogens with zero attached hydrogens (tertiary/aromatic N) is 4.